The molecule has 0 bridgehead atoms. The molecule has 2 aliphatic carbocycles. The van der Waals surface area contributed by atoms with Crippen LogP contribution in [0.4, 0.5) is 0 Å². The number of aliphatic hydroxyl groups is 1. The summed E-state index contributed by atoms with van der Waals surface area (Å²) < 4.78 is 12.4. The predicted octanol–water partition coefficient (Wildman–Crippen LogP) is 11.0. The topological polar surface area (TPSA) is 55.8 Å². The fourth-order valence-corrected chi connectivity index (χ4v) is 7.31. The average molecular weight is 623 g/mol. The van der Waals surface area contributed by atoms with Crippen LogP contribution in [0.25, 0.3) is 21.5 Å². The number of fused-ring (bicyclic) bond motifs is 2. The van der Waals surface area contributed by atoms with Crippen LogP contribution in [0.3, 0.4) is 0 Å². The number of benzene rings is 4. The van der Waals surface area contributed by atoms with E-state index in [0.717, 1.165) is 77.0 Å². The lowest BCUT2D eigenvalue weighted by atomic mass is 9.72. The molecule has 0 radical (unpaired) electrons. The highest BCUT2D eigenvalue weighted by Crippen LogP contribution is 2.40. The largest absolute Gasteiger partial charge is 0.490 e. The quantitative estimate of drug-likeness (QED) is 0.217. The minimum atomic E-state index is 0.0885. The molecule has 0 unspecified atom stereocenters. The predicted molar refractivity (Wildman–Crippen MR) is 191 cm³/mol. The Kier molecular flexibility index (Phi) is 10.8. The van der Waals surface area contributed by atoms with E-state index >= 15 is 0 Å². The summed E-state index contributed by atoms with van der Waals surface area (Å²) in [5, 5.41) is 13.7. The van der Waals surface area contributed by atoms with Gasteiger partial charge in [0, 0.05) is 5.56 Å². The van der Waals surface area contributed by atoms with Crippen molar-refractivity contribution in [2.75, 3.05) is 0 Å². The number of carbonyl (C=O) groups excluding carboxylic acids is 1. The lowest BCUT2D eigenvalue weighted by Gasteiger charge is -2.37. The smallest absolute Gasteiger partial charge is 0.150 e. The molecule has 0 aromatic heterocycles. The summed E-state index contributed by atoms with van der Waals surface area (Å²) in [4.78, 5) is 10.9. The number of aliphatic hydroxyl groups excluding tert-OH is 1. The first-order chi connectivity index (χ1) is 21.9. The standard InChI is InChI=1S/C21H28O2.C21H26O2/c2*1-21(2,3)18-7-10-19(11-8-18)23-20-9-6-16-12-15(14-22)4-5-17(16)13-20/h4-6,9,12-13,18-19,22H,7-8,10-11,14H2,1-3H3;4-6,9,12-14,18-19H,7-8,10-11H2,1-3H3. The van der Waals surface area contributed by atoms with Crippen molar-refractivity contribution in [2.45, 2.75) is 112 Å². The van der Waals surface area contributed by atoms with Crippen molar-refractivity contribution >= 4 is 27.8 Å². The Balaban J connectivity index is 0.000000181. The van der Waals surface area contributed by atoms with Gasteiger partial charge in [-0.15, -0.1) is 0 Å². The second-order valence-electron chi connectivity index (χ2n) is 15.8. The maximum absolute atomic E-state index is 10.9. The van der Waals surface area contributed by atoms with Crippen LogP contribution in [0.1, 0.15) is 109 Å². The summed E-state index contributed by atoms with van der Waals surface area (Å²) in [5.74, 6) is 3.53. The van der Waals surface area contributed by atoms with E-state index in [1.807, 2.05) is 42.5 Å². The van der Waals surface area contributed by atoms with E-state index in [-0.39, 0.29) is 6.61 Å². The molecule has 6 rings (SSSR count). The molecular weight excluding hydrogens is 568 g/mol. The van der Waals surface area contributed by atoms with Crippen molar-refractivity contribution in [2.24, 2.45) is 22.7 Å². The van der Waals surface area contributed by atoms with Crippen LogP contribution < -0.4 is 9.47 Å². The third-order valence-corrected chi connectivity index (χ3v) is 10.4. The summed E-state index contributed by atoms with van der Waals surface area (Å²) in [7, 11) is 0. The van der Waals surface area contributed by atoms with Gasteiger partial charge in [-0.3, -0.25) is 4.79 Å². The zero-order chi connectivity index (χ0) is 32.9. The number of hydrogen-bond acceptors (Lipinski definition) is 4. The van der Waals surface area contributed by atoms with Gasteiger partial charge in [-0.2, -0.15) is 0 Å². The molecule has 0 spiro atoms. The maximum Gasteiger partial charge on any atom is 0.150 e. The molecule has 246 valence electrons. The number of aldehydes is 1. The second-order valence-corrected chi connectivity index (χ2v) is 15.8. The Labute approximate surface area is 276 Å². The average Bonchev–Trinajstić information content (AvgIpc) is 3.04. The number of carbonyl (C=O) groups is 1. The van der Waals surface area contributed by atoms with Gasteiger partial charge in [0.05, 0.1) is 18.8 Å². The van der Waals surface area contributed by atoms with Crippen molar-refractivity contribution in [1.29, 1.82) is 0 Å². The first kappa shape index (κ1) is 34.0. The van der Waals surface area contributed by atoms with Gasteiger partial charge in [-0.25, -0.2) is 0 Å². The van der Waals surface area contributed by atoms with Crippen LogP contribution in [0.15, 0.2) is 72.8 Å². The Hall–Kier alpha value is -3.37. The molecule has 0 atom stereocenters. The van der Waals surface area contributed by atoms with Crippen molar-refractivity contribution in [3.8, 4) is 11.5 Å². The Bertz CT molecular complexity index is 1590. The van der Waals surface area contributed by atoms with E-state index in [1.54, 1.807) is 0 Å². The molecule has 0 aliphatic heterocycles. The highest BCUT2D eigenvalue weighted by Gasteiger charge is 2.31. The molecular formula is C42H54O4. The Morgan fingerprint density at radius 2 is 1.00 bits per heavy atom. The third-order valence-electron chi connectivity index (χ3n) is 10.4. The monoisotopic (exact) mass is 622 g/mol. The molecule has 4 aromatic carbocycles. The molecule has 0 saturated heterocycles. The van der Waals surface area contributed by atoms with Gasteiger partial charge in [-0.1, -0.05) is 77.9 Å². The molecule has 46 heavy (non-hydrogen) atoms. The number of ether oxygens (including phenoxy) is 2. The van der Waals surface area contributed by atoms with Crippen LogP contribution in [-0.4, -0.2) is 23.6 Å². The highest BCUT2D eigenvalue weighted by molar-refractivity contribution is 5.89. The summed E-state index contributed by atoms with van der Waals surface area (Å²) in [6, 6.07) is 24.2. The van der Waals surface area contributed by atoms with Crippen LogP contribution in [0, 0.1) is 22.7 Å². The van der Waals surface area contributed by atoms with Crippen LogP contribution in [-0.2, 0) is 6.61 Å². The van der Waals surface area contributed by atoms with Gasteiger partial charge in [0.15, 0.2) is 0 Å². The Morgan fingerprint density at radius 3 is 1.43 bits per heavy atom. The van der Waals surface area contributed by atoms with E-state index < -0.39 is 0 Å². The summed E-state index contributed by atoms with van der Waals surface area (Å²) in [6.07, 6.45) is 11.2. The van der Waals surface area contributed by atoms with E-state index in [4.69, 9.17) is 9.47 Å². The van der Waals surface area contributed by atoms with E-state index in [9.17, 15) is 9.90 Å². The normalized spacial score (nSPS) is 22.2. The second kappa shape index (κ2) is 14.6. The molecule has 2 saturated carbocycles. The van der Waals surface area contributed by atoms with Gasteiger partial charge < -0.3 is 14.6 Å². The minimum absolute atomic E-state index is 0.0885. The van der Waals surface area contributed by atoms with Crippen molar-refractivity contribution in [1.82, 2.24) is 0 Å². The zero-order valence-corrected chi connectivity index (χ0v) is 28.9. The Morgan fingerprint density at radius 1 is 0.587 bits per heavy atom. The van der Waals surface area contributed by atoms with Gasteiger partial charge in [-0.05, 0) is 138 Å². The van der Waals surface area contributed by atoms with Gasteiger partial charge in [0.2, 0.25) is 0 Å². The summed E-state index contributed by atoms with van der Waals surface area (Å²) in [6.45, 7) is 14.2. The fraction of sp³-hybridized carbons (Fsp3) is 0.500. The summed E-state index contributed by atoms with van der Waals surface area (Å²) in [5.41, 5.74) is 2.49. The first-order valence-electron chi connectivity index (χ1n) is 17.4. The third kappa shape index (κ3) is 8.91. The van der Waals surface area contributed by atoms with Crippen LogP contribution in [0.2, 0.25) is 0 Å². The number of rotatable bonds is 6. The lowest BCUT2D eigenvalue weighted by Crippen LogP contribution is -2.30. The van der Waals surface area contributed by atoms with E-state index in [1.165, 1.54) is 31.1 Å². The minimum Gasteiger partial charge on any atom is -0.490 e. The van der Waals surface area contributed by atoms with Crippen molar-refractivity contribution < 1.29 is 19.4 Å². The molecule has 4 heteroatoms. The van der Waals surface area contributed by atoms with Crippen molar-refractivity contribution in [3.05, 3.63) is 83.9 Å². The number of hydrogen-bond donors (Lipinski definition) is 1. The maximum atomic E-state index is 10.9. The molecule has 4 nitrogen and oxygen atoms in total. The van der Waals surface area contributed by atoms with Crippen LogP contribution >= 0.6 is 0 Å². The SMILES string of the molecule is CC(C)(C)C1CCC(Oc2ccc3cc(C=O)ccc3c2)CC1.CC(C)(C)C1CCC(Oc2ccc3cc(CO)ccc3c2)CC1. The first-order valence-corrected chi connectivity index (χ1v) is 17.4. The van der Waals surface area contributed by atoms with Crippen molar-refractivity contribution in [3.63, 3.8) is 0 Å². The molecule has 0 heterocycles. The van der Waals surface area contributed by atoms with E-state index in [2.05, 4.69) is 71.9 Å². The van der Waals surface area contributed by atoms with Crippen LogP contribution in [0.5, 0.6) is 11.5 Å². The summed E-state index contributed by atoms with van der Waals surface area (Å²) >= 11 is 0. The van der Waals surface area contributed by atoms with E-state index in [0.29, 0.717) is 28.6 Å². The molecule has 2 aliphatic rings. The fourth-order valence-electron chi connectivity index (χ4n) is 7.31. The molecule has 4 aromatic rings. The highest BCUT2D eigenvalue weighted by atomic mass is 16.5. The van der Waals surface area contributed by atoms with Gasteiger partial charge in [0.1, 0.15) is 17.8 Å². The van der Waals surface area contributed by atoms with Gasteiger partial charge >= 0.3 is 0 Å². The van der Waals surface area contributed by atoms with Gasteiger partial charge in [0.25, 0.3) is 0 Å². The molecule has 0 amide bonds. The molecule has 1 N–H and O–H groups in total. The lowest BCUT2D eigenvalue weighted by molar-refractivity contribution is 0.0881. The zero-order valence-electron chi connectivity index (χ0n) is 28.9. The molecule has 2 fully saturated rings.